The van der Waals surface area contributed by atoms with Crippen LogP contribution in [-0.2, 0) is 0 Å². The van der Waals surface area contributed by atoms with Crippen molar-refractivity contribution in [3.05, 3.63) is 28.7 Å². The molecule has 0 fully saturated rings. The number of aromatic nitrogens is 3. The van der Waals surface area contributed by atoms with E-state index in [2.05, 4.69) is 36.4 Å². The summed E-state index contributed by atoms with van der Waals surface area (Å²) in [7, 11) is 0. The van der Waals surface area contributed by atoms with Crippen LogP contribution < -0.4 is 11.1 Å². The van der Waals surface area contributed by atoms with E-state index in [1.807, 2.05) is 24.3 Å². The van der Waals surface area contributed by atoms with Crippen LogP contribution in [0.25, 0.3) is 0 Å². The largest absolute Gasteiger partial charge is 0.368 e. The summed E-state index contributed by atoms with van der Waals surface area (Å²) < 4.78 is 0.948. The molecule has 0 saturated heterocycles. The molecular formula is C8H8BrN5. The molecule has 0 atom stereocenters. The Morgan fingerprint density at radius 3 is 2.79 bits per heavy atom. The highest BCUT2D eigenvalue weighted by atomic mass is 79.9. The Balaban J connectivity index is 2.23. The molecular weight excluding hydrogens is 246 g/mol. The molecule has 0 aliphatic carbocycles. The first kappa shape index (κ1) is 9.01. The van der Waals surface area contributed by atoms with Crippen LogP contribution in [-0.4, -0.2) is 15.2 Å². The van der Waals surface area contributed by atoms with E-state index in [1.165, 1.54) is 0 Å². The molecule has 0 radical (unpaired) electrons. The molecule has 6 heteroatoms. The van der Waals surface area contributed by atoms with Crippen molar-refractivity contribution in [2.75, 3.05) is 11.1 Å². The predicted molar refractivity (Wildman–Crippen MR) is 58.2 cm³/mol. The van der Waals surface area contributed by atoms with Crippen LogP contribution >= 0.6 is 15.9 Å². The highest BCUT2D eigenvalue weighted by molar-refractivity contribution is 9.10. The monoisotopic (exact) mass is 253 g/mol. The van der Waals surface area contributed by atoms with Crippen molar-refractivity contribution in [3.63, 3.8) is 0 Å². The molecule has 0 saturated carbocycles. The summed E-state index contributed by atoms with van der Waals surface area (Å²) in [5, 5.41) is 9.42. The number of aromatic amines is 1. The van der Waals surface area contributed by atoms with Gasteiger partial charge in [-0.15, -0.1) is 5.10 Å². The number of benzene rings is 1. The van der Waals surface area contributed by atoms with E-state index in [9.17, 15) is 0 Å². The molecule has 2 aromatic rings. The maximum atomic E-state index is 5.39. The lowest BCUT2D eigenvalue weighted by atomic mass is 10.3. The molecule has 2 rings (SSSR count). The number of hydrogen-bond acceptors (Lipinski definition) is 4. The van der Waals surface area contributed by atoms with Crippen molar-refractivity contribution in [3.8, 4) is 0 Å². The number of halogens is 1. The molecule has 0 spiro atoms. The number of H-pyrrole nitrogens is 1. The summed E-state index contributed by atoms with van der Waals surface area (Å²) >= 11 is 3.40. The average Bonchev–Trinajstić information content (AvgIpc) is 2.56. The van der Waals surface area contributed by atoms with Crippen LogP contribution in [0.1, 0.15) is 0 Å². The number of rotatable bonds is 2. The number of anilines is 3. The van der Waals surface area contributed by atoms with Gasteiger partial charge in [0.15, 0.2) is 0 Å². The highest BCUT2D eigenvalue weighted by Gasteiger charge is 2.02. The maximum absolute atomic E-state index is 5.39. The number of nitrogen functional groups attached to an aromatic ring is 1. The van der Waals surface area contributed by atoms with E-state index in [1.54, 1.807) is 0 Å². The first-order chi connectivity index (χ1) is 6.75. The van der Waals surface area contributed by atoms with Crippen LogP contribution in [0.5, 0.6) is 0 Å². The third-order valence-electron chi connectivity index (χ3n) is 1.62. The summed E-state index contributed by atoms with van der Waals surface area (Å²) in [4.78, 5) is 3.93. The van der Waals surface area contributed by atoms with Gasteiger partial charge in [-0.2, -0.15) is 4.98 Å². The van der Waals surface area contributed by atoms with Crippen molar-refractivity contribution < 1.29 is 0 Å². The molecule has 0 unspecified atom stereocenters. The van der Waals surface area contributed by atoms with E-state index >= 15 is 0 Å². The molecule has 14 heavy (non-hydrogen) atoms. The molecule has 72 valence electrons. The second-order valence-corrected chi connectivity index (χ2v) is 3.50. The maximum Gasteiger partial charge on any atom is 0.248 e. The Morgan fingerprint density at radius 1 is 1.36 bits per heavy atom. The van der Waals surface area contributed by atoms with Gasteiger partial charge in [0.1, 0.15) is 0 Å². The number of para-hydroxylation sites is 1. The van der Waals surface area contributed by atoms with Gasteiger partial charge < -0.3 is 11.1 Å². The van der Waals surface area contributed by atoms with Crippen LogP contribution in [0.2, 0.25) is 0 Å². The number of hydrogen-bond donors (Lipinski definition) is 3. The van der Waals surface area contributed by atoms with E-state index in [0.717, 1.165) is 10.2 Å². The minimum atomic E-state index is 0.291. The third kappa shape index (κ3) is 1.85. The van der Waals surface area contributed by atoms with Gasteiger partial charge in [0.05, 0.1) is 5.69 Å². The zero-order valence-corrected chi connectivity index (χ0v) is 8.75. The third-order valence-corrected chi connectivity index (χ3v) is 2.31. The summed E-state index contributed by atoms with van der Waals surface area (Å²) in [6.07, 6.45) is 0. The van der Waals surface area contributed by atoms with Gasteiger partial charge in [0.25, 0.3) is 0 Å². The molecule has 0 aliphatic rings. The Morgan fingerprint density at radius 2 is 2.14 bits per heavy atom. The lowest BCUT2D eigenvalue weighted by Crippen LogP contribution is -1.93. The average molecular weight is 254 g/mol. The number of nitrogens with zero attached hydrogens (tertiary/aromatic N) is 2. The molecule has 1 heterocycles. The molecule has 1 aromatic carbocycles. The van der Waals surface area contributed by atoms with E-state index in [-0.39, 0.29) is 0 Å². The summed E-state index contributed by atoms with van der Waals surface area (Å²) in [6, 6.07) is 7.69. The standard InChI is InChI=1S/C8H8BrN5/c9-5-3-1-2-4-6(5)11-8-12-7(10)13-14-8/h1-4H,(H4,10,11,12,13,14). The summed E-state index contributed by atoms with van der Waals surface area (Å²) in [5.41, 5.74) is 6.28. The minimum Gasteiger partial charge on any atom is -0.368 e. The van der Waals surface area contributed by atoms with Crippen molar-refractivity contribution in [2.45, 2.75) is 0 Å². The second kappa shape index (κ2) is 3.67. The predicted octanol–water partition coefficient (Wildman–Crippen LogP) is 1.89. The van der Waals surface area contributed by atoms with Crippen molar-refractivity contribution in [1.29, 1.82) is 0 Å². The molecule has 0 bridgehead atoms. The molecule has 0 amide bonds. The Hall–Kier alpha value is -1.56. The van der Waals surface area contributed by atoms with Gasteiger partial charge in [-0.05, 0) is 28.1 Å². The Bertz CT molecular complexity index is 439. The quantitative estimate of drug-likeness (QED) is 0.764. The van der Waals surface area contributed by atoms with Crippen LogP contribution in [0.3, 0.4) is 0 Å². The van der Waals surface area contributed by atoms with Gasteiger partial charge in [0, 0.05) is 4.47 Å². The summed E-state index contributed by atoms with van der Waals surface area (Å²) in [5.74, 6) is 0.744. The zero-order valence-electron chi connectivity index (χ0n) is 7.16. The number of nitrogens with two attached hydrogens (primary N) is 1. The smallest absolute Gasteiger partial charge is 0.248 e. The lowest BCUT2D eigenvalue weighted by molar-refractivity contribution is 1.10. The topological polar surface area (TPSA) is 79.6 Å². The van der Waals surface area contributed by atoms with Crippen LogP contribution in [0.4, 0.5) is 17.6 Å². The fraction of sp³-hybridized carbons (Fsp3) is 0. The minimum absolute atomic E-state index is 0.291. The molecule has 1 aromatic heterocycles. The zero-order chi connectivity index (χ0) is 9.97. The van der Waals surface area contributed by atoms with Gasteiger partial charge in [0.2, 0.25) is 11.9 Å². The fourth-order valence-electron chi connectivity index (χ4n) is 1.01. The SMILES string of the molecule is Nc1nc(Nc2ccccc2Br)n[nH]1. The summed E-state index contributed by atoms with van der Waals surface area (Å²) in [6.45, 7) is 0. The first-order valence-corrected chi connectivity index (χ1v) is 4.74. The fourth-order valence-corrected chi connectivity index (χ4v) is 1.40. The van der Waals surface area contributed by atoms with Crippen molar-refractivity contribution in [1.82, 2.24) is 15.2 Å². The Kier molecular flexibility index (Phi) is 2.36. The van der Waals surface area contributed by atoms with Gasteiger partial charge >= 0.3 is 0 Å². The van der Waals surface area contributed by atoms with Crippen molar-refractivity contribution in [2.24, 2.45) is 0 Å². The normalized spacial score (nSPS) is 10.1. The molecule has 0 aliphatic heterocycles. The van der Waals surface area contributed by atoms with E-state index in [4.69, 9.17) is 5.73 Å². The highest BCUT2D eigenvalue weighted by Crippen LogP contribution is 2.23. The molecule has 5 nitrogen and oxygen atoms in total. The number of nitrogens with one attached hydrogen (secondary N) is 2. The Labute approximate surface area is 88.9 Å². The second-order valence-electron chi connectivity index (χ2n) is 2.65. The van der Waals surface area contributed by atoms with Crippen LogP contribution in [0, 0.1) is 0 Å². The van der Waals surface area contributed by atoms with E-state index in [0.29, 0.717) is 11.9 Å². The van der Waals surface area contributed by atoms with Crippen molar-refractivity contribution >= 4 is 33.5 Å². The van der Waals surface area contributed by atoms with Crippen LogP contribution in [0.15, 0.2) is 28.7 Å². The van der Waals surface area contributed by atoms with Gasteiger partial charge in [-0.1, -0.05) is 12.1 Å². The first-order valence-electron chi connectivity index (χ1n) is 3.95. The molecule has 4 N–H and O–H groups in total. The van der Waals surface area contributed by atoms with E-state index < -0.39 is 0 Å². The van der Waals surface area contributed by atoms with Gasteiger partial charge in [-0.25, -0.2) is 5.10 Å². The van der Waals surface area contributed by atoms with Gasteiger partial charge in [-0.3, -0.25) is 0 Å². The lowest BCUT2D eigenvalue weighted by Gasteiger charge is -2.02.